The summed E-state index contributed by atoms with van der Waals surface area (Å²) in [7, 11) is 0. The maximum Gasteiger partial charge on any atom is 0.250 e. The van der Waals surface area contributed by atoms with E-state index >= 15 is 0 Å². The van der Waals surface area contributed by atoms with Crippen LogP contribution in [0.4, 0.5) is 0 Å². The number of rotatable bonds is 4. The molecule has 1 saturated heterocycles. The molecule has 0 bridgehead atoms. The first-order chi connectivity index (χ1) is 13.8. The van der Waals surface area contributed by atoms with E-state index in [-0.39, 0.29) is 5.91 Å². The van der Waals surface area contributed by atoms with E-state index in [1.807, 2.05) is 70.3 Å². The lowest BCUT2D eigenvalue weighted by atomic mass is 10.2. The number of likely N-dealkylation sites (tertiary alicyclic amines) is 1. The Kier molecular flexibility index (Phi) is 4.16. The molecule has 4 aromatic rings. The molecule has 2 aromatic heterocycles. The van der Waals surface area contributed by atoms with Gasteiger partial charge in [0.05, 0.1) is 5.56 Å². The van der Waals surface area contributed by atoms with E-state index in [1.165, 1.54) is 0 Å². The van der Waals surface area contributed by atoms with E-state index in [0.717, 1.165) is 48.0 Å². The van der Waals surface area contributed by atoms with Gasteiger partial charge in [-0.3, -0.25) is 4.79 Å². The number of hydrogen-bond acceptors (Lipinski definition) is 4. The minimum Gasteiger partial charge on any atom is -0.416 e. The maximum atomic E-state index is 12.6. The van der Waals surface area contributed by atoms with Crippen molar-refractivity contribution in [2.45, 2.75) is 19.4 Å². The summed E-state index contributed by atoms with van der Waals surface area (Å²) in [6.45, 7) is 2.03. The van der Waals surface area contributed by atoms with Gasteiger partial charge < -0.3 is 13.9 Å². The molecule has 0 unspecified atom stereocenters. The van der Waals surface area contributed by atoms with Gasteiger partial charge in [0.15, 0.2) is 0 Å². The van der Waals surface area contributed by atoms with E-state index in [1.54, 1.807) is 0 Å². The number of amides is 1. The van der Waals surface area contributed by atoms with Crippen molar-refractivity contribution in [1.29, 1.82) is 0 Å². The molecule has 0 N–H and O–H groups in total. The third kappa shape index (κ3) is 2.97. The first-order valence-electron chi connectivity index (χ1n) is 9.54. The van der Waals surface area contributed by atoms with Gasteiger partial charge in [-0.25, -0.2) is 0 Å². The van der Waals surface area contributed by atoms with E-state index in [2.05, 4.69) is 10.2 Å². The van der Waals surface area contributed by atoms with Crippen molar-refractivity contribution in [2.24, 2.45) is 0 Å². The molecule has 6 heteroatoms. The fraction of sp³-hybridized carbons (Fsp3) is 0.227. The van der Waals surface area contributed by atoms with Gasteiger partial charge in [-0.2, -0.15) is 0 Å². The Labute approximate surface area is 162 Å². The summed E-state index contributed by atoms with van der Waals surface area (Å²) >= 11 is 0. The number of aromatic nitrogens is 3. The van der Waals surface area contributed by atoms with E-state index in [9.17, 15) is 4.79 Å². The predicted octanol–water partition coefficient (Wildman–Crippen LogP) is 3.98. The third-order valence-electron chi connectivity index (χ3n) is 5.23. The molecule has 6 nitrogen and oxygen atoms in total. The van der Waals surface area contributed by atoms with Crippen molar-refractivity contribution in [2.75, 3.05) is 13.1 Å². The zero-order valence-corrected chi connectivity index (χ0v) is 15.4. The highest BCUT2D eigenvalue weighted by atomic mass is 16.4. The molecule has 5 rings (SSSR count). The molecule has 1 fully saturated rings. The van der Waals surface area contributed by atoms with Crippen molar-refractivity contribution in [3.8, 4) is 22.9 Å². The van der Waals surface area contributed by atoms with Crippen LogP contribution in [0, 0.1) is 0 Å². The first-order valence-corrected chi connectivity index (χ1v) is 9.54. The van der Waals surface area contributed by atoms with Gasteiger partial charge in [0.25, 0.3) is 0 Å². The van der Waals surface area contributed by atoms with Crippen LogP contribution in [-0.4, -0.2) is 38.7 Å². The number of benzene rings is 2. The second-order valence-corrected chi connectivity index (χ2v) is 7.05. The molecule has 1 aliphatic heterocycles. The minimum atomic E-state index is 0.153. The van der Waals surface area contributed by atoms with E-state index in [0.29, 0.717) is 18.3 Å². The van der Waals surface area contributed by atoms with Crippen molar-refractivity contribution in [3.05, 3.63) is 60.8 Å². The molecule has 1 amide bonds. The van der Waals surface area contributed by atoms with Crippen molar-refractivity contribution < 1.29 is 9.21 Å². The number of nitrogens with zero attached hydrogens (tertiary/aromatic N) is 4. The summed E-state index contributed by atoms with van der Waals surface area (Å²) < 4.78 is 7.93. The van der Waals surface area contributed by atoms with Gasteiger partial charge in [0.1, 0.15) is 6.54 Å². The fourth-order valence-electron chi connectivity index (χ4n) is 3.79. The topological polar surface area (TPSA) is 64.2 Å². The Morgan fingerprint density at radius 1 is 0.929 bits per heavy atom. The molecule has 0 saturated carbocycles. The molecule has 1 aliphatic rings. The Morgan fingerprint density at radius 2 is 1.64 bits per heavy atom. The molecule has 0 radical (unpaired) electrons. The smallest absolute Gasteiger partial charge is 0.250 e. The Bertz CT molecular complexity index is 1120. The number of carbonyl (C=O) groups excluding carboxylic acids is 1. The highest BCUT2D eigenvalue weighted by Gasteiger charge is 2.21. The Morgan fingerprint density at radius 3 is 2.46 bits per heavy atom. The lowest BCUT2D eigenvalue weighted by Gasteiger charge is -2.15. The Balaban J connectivity index is 1.52. The van der Waals surface area contributed by atoms with Gasteiger partial charge >= 0.3 is 0 Å². The highest BCUT2D eigenvalue weighted by molar-refractivity contribution is 5.95. The predicted molar refractivity (Wildman–Crippen MR) is 106 cm³/mol. The summed E-state index contributed by atoms with van der Waals surface area (Å²) in [6, 6.07) is 17.7. The van der Waals surface area contributed by atoms with Crippen LogP contribution in [0.15, 0.2) is 65.2 Å². The largest absolute Gasteiger partial charge is 0.416 e. The minimum absolute atomic E-state index is 0.153. The SMILES string of the molecule is O=C(Cn1cc(-c2nnc(-c3ccccc3)o2)c2ccccc21)N1CCCC1. The van der Waals surface area contributed by atoms with Crippen LogP contribution in [0.1, 0.15) is 12.8 Å². The number of fused-ring (bicyclic) bond motifs is 1. The molecule has 2 aromatic carbocycles. The maximum absolute atomic E-state index is 12.6. The fourth-order valence-corrected chi connectivity index (χ4v) is 3.79. The van der Waals surface area contributed by atoms with Crippen LogP contribution in [0.25, 0.3) is 33.8 Å². The lowest BCUT2D eigenvalue weighted by Crippen LogP contribution is -2.30. The average molecular weight is 372 g/mol. The molecular weight excluding hydrogens is 352 g/mol. The van der Waals surface area contributed by atoms with Crippen LogP contribution < -0.4 is 0 Å². The number of carbonyl (C=O) groups is 1. The summed E-state index contributed by atoms with van der Waals surface area (Å²) in [5.74, 6) is 1.10. The molecule has 3 heterocycles. The number of hydrogen-bond donors (Lipinski definition) is 0. The highest BCUT2D eigenvalue weighted by Crippen LogP contribution is 2.31. The van der Waals surface area contributed by atoms with Gasteiger partial charge in [0, 0.05) is 35.8 Å². The summed E-state index contributed by atoms with van der Waals surface area (Å²) in [4.78, 5) is 14.6. The van der Waals surface area contributed by atoms with E-state index in [4.69, 9.17) is 4.42 Å². The molecule has 0 atom stereocenters. The zero-order chi connectivity index (χ0) is 18.9. The molecule has 28 heavy (non-hydrogen) atoms. The van der Waals surface area contributed by atoms with Crippen LogP contribution in [0.2, 0.25) is 0 Å². The molecule has 140 valence electrons. The van der Waals surface area contributed by atoms with Crippen molar-refractivity contribution in [3.63, 3.8) is 0 Å². The van der Waals surface area contributed by atoms with Gasteiger partial charge in [-0.05, 0) is 31.0 Å². The monoisotopic (exact) mass is 372 g/mol. The van der Waals surface area contributed by atoms with Gasteiger partial charge in [-0.15, -0.1) is 10.2 Å². The van der Waals surface area contributed by atoms with Crippen LogP contribution >= 0.6 is 0 Å². The van der Waals surface area contributed by atoms with Crippen molar-refractivity contribution in [1.82, 2.24) is 19.7 Å². The van der Waals surface area contributed by atoms with Gasteiger partial charge in [-0.1, -0.05) is 36.4 Å². The third-order valence-corrected chi connectivity index (χ3v) is 5.23. The molecule has 0 aliphatic carbocycles. The van der Waals surface area contributed by atoms with Crippen LogP contribution in [-0.2, 0) is 11.3 Å². The van der Waals surface area contributed by atoms with Crippen molar-refractivity contribution >= 4 is 16.8 Å². The summed E-state index contributed by atoms with van der Waals surface area (Å²) in [5, 5.41) is 9.46. The number of para-hydroxylation sites is 1. The second kappa shape index (κ2) is 6.96. The second-order valence-electron chi connectivity index (χ2n) is 7.05. The quantitative estimate of drug-likeness (QED) is 0.543. The lowest BCUT2D eigenvalue weighted by molar-refractivity contribution is -0.130. The molecule has 0 spiro atoms. The van der Waals surface area contributed by atoms with E-state index < -0.39 is 0 Å². The average Bonchev–Trinajstić information content (AvgIpc) is 3.49. The standard InChI is InChI=1S/C22H20N4O2/c27-20(25-12-6-7-13-25)15-26-14-18(17-10-4-5-11-19(17)26)22-24-23-21(28-22)16-8-2-1-3-9-16/h1-5,8-11,14H,6-7,12-13,15H2. The first kappa shape index (κ1) is 16.7. The van der Waals surface area contributed by atoms with Gasteiger partial charge in [0.2, 0.25) is 17.7 Å². The summed E-state index contributed by atoms with van der Waals surface area (Å²) in [5.41, 5.74) is 2.72. The summed E-state index contributed by atoms with van der Waals surface area (Å²) in [6.07, 6.45) is 4.13. The zero-order valence-electron chi connectivity index (χ0n) is 15.4. The normalized spacial score (nSPS) is 14.1. The van der Waals surface area contributed by atoms with Crippen LogP contribution in [0.3, 0.4) is 0 Å². The Hall–Kier alpha value is -3.41. The van der Waals surface area contributed by atoms with Crippen LogP contribution in [0.5, 0.6) is 0 Å². The molecular formula is C22H20N4O2.